The van der Waals surface area contributed by atoms with Crippen molar-refractivity contribution in [2.24, 2.45) is 0 Å². The molecule has 4 nitrogen and oxygen atoms in total. The summed E-state index contributed by atoms with van der Waals surface area (Å²) in [7, 11) is 0. The van der Waals surface area contributed by atoms with E-state index in [0.29, 0.717) is 28.5 Å². The number of fused-ring (bicyclic) bond motifs is 1. The normalized spacial score (nSPS) is 12.6. The molecule has 2 atom stereocenters. The number of hydrogen-bond donors (Lipinski definition) is 1. The van der Waals surface area contributed by atoms with Gasteiger partial charge in [0.1, 0.15) is 6.04 Å². The van der Waals surface area contributed by atoms with Crippen LogP contribution in [0.15, 0.2) is 91.0 Å². The summed E-state index contributed by atoms with van der Waals surface area (Å²) in [5, 5.41) is 6.30. The summed E-state index contributed by atoms with van der Waals surface area (Å²) < 4.78 is 0. The molecule has 6 heteroatoms. The predicted octanol–water partition coefficient (Wildman–Crippen LogP) is 7.63. The van der Waals surface area contributed by atoms with Gasteiger partial charge in [-0.3, -0.25) is 9.59 Å². The van der Waals surface area contributed by atoms with E-state index < -0.39 is 6.04 Å². The van der Waals surface area contributed by atoms with E-state index in [4.69, 9.17) is 23.2 Å². The minimum Gasteiger partial charge on any atom is -0.352 e. The van der Waals surface area contributed by atoms with E-state index in [1.54, 1.807) is 23.1 Å². The Morgan fingerprint density at radius 1 is 0.846 bits per heavy atom. The second-order valence-electron chi connectivity index (χ2n) is 9.88. The lowest BCUT2D eigenvalue weighted by Crippen LogP contribution is -2.52. The Labute approximate surface area is 240 Å². The van der Waals surface area contributed by atoms with E-state index in [0.717, 1.165) is 28.3 Å². The van der Waals surface area contributed by atoms with E-state index in [-0.39, 0.29) is 30.8 Å². The van der Waals surface area contributed by atoms with Crippen molar-refractivity contribution < 1.29 is 9.59 Å². The third-order valence-electron chi connectivity index (χ3n) is 7.15. The Balaban J connectivity index is 1.69. The highest BCUT2D eigenvalue weighted by atomic mass is 35.5. The fraction of sp³-hybridized carbons (Fsp3) is 0.273. The van der Waals surface area contributed by atoms with Gasteiger partial charge in [-0.05, 0) is 53.8 Å². The molecule has 0 aliphatic rings. The predicted molar refractivity (Wildman–Crippen MR) is 161 cm³/mol. The molecule has 0 fully saturated rings. The third-order valence-corrected chi connectivity index (χ3v) is 7.86. The van der Waals surface area contributed by atoms with Gasteiger partial charge in [-0.25, -0.2) is 0 Å². The number of carbonyl (C=O) groups is 2. The molecule has 0 aliphatic heterocycles. The summed E-state index contributed by atoms with van der Waals surface area (Å²) in [6.45, 7) is 4.13. The maximum absolute atomic E-state index is 14.0. The largest absolute Gasteiger partial charge is 0.352 e. The van der Waals surface area contributed by atoms with Crippen LogP contribution >= 0.6 is 23.2 Å². The minimum atomic E-state index is -0.728. The van der Waals surface area contributed by atoms with Gasteiger partial charge in [-0.15, -0.1) is 0 Å². The minimum absolute atomic E-state index is 0.0210. The molecule has 0 saturated heterocycles. The van der Waals surface area contributed by atoms with Crippen molar-refractivity contribution in [1.82, 2.24) is 10.2 Å². The van der Waals surface area contributed by atoms with E-state index in [9.17, 15) is 9.59 Å². The van der Waals surface area contributed by atoms with Crippen molar-refractivity contribution in [3.63, 3.8) is 0 Å². The quantitative estimate of drug-likeness (QED) is 0.205. The van der Waals surface area contributed by atoms with Crippen LogP contribution in [0.1, 0.15) is 43.4 Å². The van der Waals surface area contributed by atoms with Crippen LogP contribution in [0.25, 0.3) is 10.8 Å². The number of nitrogens with zero attached hydrogens (tertiary/aromatic N) is 1. The Hall–Kier alpha value is -3.34. The number of benzene rings is 4. The van der Waals surface area contributed by atoms with Crippen molar-refractivity contribution in [2.75, 3.05) is 0 Å². The van der Waals surface area contributed by atoms with Gasteiger partial charge < -0.3 is 10.2 Å². The van der Waals surface area contributed by atoms with Crippen LogP contribution < -0.4 is 5.32 Å². The number of carbonyl (C=O) groups excluding carboxylic acids is 2. The van der Waals surface area contributed by atoms with Gasteiger partial charge in [-0.2, -0.15) is 0 Å². The molecule has 2 amide bonds. The zero-order chi connectivity index (χ0) is 27.8. The molecule has 0 saturated carbocycles. The average Bonchev–Trinajstić information content (AvgIpc) is 2.95. The molecule has 0 heterocycles. The molecule has 0 unspecified atom stereocenters. The first-order valence-corrected chi connectivity index (χ1v) is 14.2. The third kappa shape index (κ3) is 7.40. The molecular formula is C33H34Cl2N2O2. The SMILES string of the molecule is CC[C@H](C)NC(=O)[C@@H](Cc1ccccc1)N(Cc1c(Cl)cccc1Cl)C(=O)CCc1cccc2ccccc12. The Kier molecular flexibility index (Phi) is 10.0. The summed E-state index contributed by atoms with van der Waals surface area (Å²) >= 11 is 13.1. The molecule has 4 aromatic carbocycles. The molecule has 0 aromatic heterocycles. The smallest absolute Gasteiger partial charge is 0.243 e. The van der Waals surface area contributed by atoms with Crippen LogP contribution in [0.2, 0.25) is 10.0 Å². The topological polar surface area (TPSA) is 49.4 Å². The molecule has 39 heavy (non-hydrogen) atoms. The maximum atomic E-state index is 14.0. The summed E-state index contributed by atoms with van der Waals surface area (Å²) in [6.07, 6.45) is 1.97. The Morgan fingerprint density at radius 2 is 1.49 bits per heavy atom. The van der Waals surface area contributed by atoms with Gasteiger partial charge in [-0.1, -0.05) is 109 Å². The van der Waals surface area contributed by atoms with Gasteiger partial charge in [0.15, 0.2) is 0 Å². The van der Waals surface area contributed by atoms with Gasteiger partial charge in [0.2, 0.25) is 11.8 Å². The summed E-state index contributed by atoms with van der Waals surface area (Å²) in [4.78, 5) is 29.4. The molecule has 0 radical (unpaired) electrons. The van der Waals surface area contributed by atoms with Crippen molar-refractivity contribution in [3.8, 4) is 0 Å². The van der Waals surface area contributed by atoms with Crippen LogP contribution in [0, 0.1) is 0 Å². The first-order chi connectivity index (χ1) is 18.9. The first kappa shape index (κ1) is 28.7. The lowest BCUT2D eigenvalue weighted by atomic mass is 9.99. The van der Waals surface area contributed by atoms with Crippen molar-refractivity contribution in [1.29, 1.82) is 0 Å². The monoisotopic (exact) mass is 560 g/mol. The fourth-order valence-electron chi connectivity index (χ4n) is 4.74. The lowest BCUT2D eigenvalue weighted by Gasteiger charge is -2.33. The molecule has 4 aromatic rings. The highest BCUT2D eigenvalue weighted by Gasteiger charge is 2.31. The molecule has 0 spiro atoms. The standard InChI is InChI=1S/C33H34Cl2N2O2/c1-3-23(2)36-33(39)31(21-24-11-5-4-6-12-24)37(22-28-29(34)17-10-18-30(28)35)32(38)20-19-26-15-9-14-25-13-7-8-16-27(25)26/h4-18,23,31H,3,19-22H2,1-2H3,(H,36,39)/t23-,31+/m0/s1. The van der Waals surface area contributed by atoms with Crippen molar-refractivity contribution >= 4 is 45.8 Å². The fourth-order valence-corrected chi connectivity index (χ4v) is 5.26. The van der Waals surface area contributed by atoms with E-state index in [2.05, 4.69) is 29.6 Å². The highest BCUT2D eigenvalue weighted by molar-refractivity contribution is 6.36. The molecular weight excluding hydrogens is 527 g/mol. The maximum Gasteiger partial charge on any atom is 0.243 e. The molecule has 202 valence electrons. The van der Waals surface area contributed by atoms with Crippen molar-refractivity contribution in [3.05, 3.63) is 118 Å². The van der Waals surface area contributed by atoms with E-state index in [1.165, 1.54) is 0 Å². The van der Waals surface area contributed by atoms with E-state index in [1.807, 2.05) is 62.4 Å². The van der Waals surface area contributed by atoms with Crippen LogP contribution in [0.5, 0.6) is 0 Å². The van der Waals surface area contributed by atoms with Crippen LogP contribution in [0.4, 0.5) is 0 Å². The Morgan fingerprint density at radius 3 is 2.21 bits per heavy atom. The molecule has 1 N–H and O–H groups in total. The lowest BCUT2D eigenvalue weighted by molar-refractivity contribution is -0.141. The van der Waals surface area contributed by atoms with Crippen LogP contribution in [0.3, 0.4) is 0 Å². The number of amides is 2. The average molecular weight is 562 g/mol. The van der Waals surface area contributed by atoms with Gasteiger partial charge in [0.25, 0.3) is 0 Å². The van der Waals surface area contributed by atoms with Gasteiger partial charge in [0, 0.05) is 41.0 Å². The summed E-state index contributed by atoms with van der Waals surface area (Å²) in [5.41, 5.74) is 2.70. The van der Waals surface area contributed by atoms with Crippen LogP contribution in [-0.2, 0) is 29.0 Å². The number of aryl methyl sites for hydroxylation is 1. The number of rotatable bonds is 11. The number of nitrogens with one attached hydrogen (secondary N) is 1. The number of hydrogen-bond acceptors (Lipinski definition) is 2. The van der Waals surface area contributed by atoms with Gasteiger partial charge in [0.05, 0.1) is 0 Å². The molecule has 4 rings (SSSR count). The van der Waals surface area contributed by atoms with Crippen LogP contribution in [-0.4, -0.2) is 28.8 Å². The van der Waals surface area contributed by atoms with Crippen molar-refractivity contribution in [2.45, 2.75) is 58.2 Å². The summed E-state index contributed by atoms with van der Waals surface area (Å²) in [6, 6.07) is 28.6. The summed E-state index contributed by atoms with van der Waals surface area (Å²) in [5.74, 6) is -0.311. The van der Waals surface area contributed by atoms with E-state index >= 15 is 0 Å². The molecule has 0 bridgehead atoms. The Bertz CT molecular complexity index is 1400. The number of halogens is 2. The van der Waals surface area contributed by atoms with Gasteiger partial charge >= 0.3 is 0 Å². The zero-order valence-electron chi connectivity index (χ0n) is 22.4. The first-order valence-electron chi connectivity index (χ1n) is 13.4. The second kappa shape index (κ2) is 13.6. The zero-order valence-corrected chi connectivity index (χ0v) is 23.9. The highest BCUT2D eigenvalue weighted by Crippen LogP contribution is 2.28. The second-order valence-corrected chi connectivity index (χ2v) is 10.7. The molecule has 0 aliphatic carbocycles.